The van der Waals surface area contributed by atoms with Crippen molar-refractivity contribution in [1.82, 2.24) is 5.32 Å². The summed E-state index contributed by atoms with van der Waals surface area (Å²) in [7, 11) is 0. The Labute approximate surface area is 133 Å². The normalized spacial score (nSPS) is 12.2. The molecule has 2 aromatic carbocycles. The second kappa shape index (κ2) is 7.57. The smallest absolute Gasteiger partial charge is 0.165 e. The fourth-order valence-electron chi connectivity index (χ4n) is 2.20. The molecule has 0 aliphatic heterocycles. The first kappa shape index (κ1) is 16.0. The van der Waals surface area contributed by atoms with Gasteiger partial charge in [-0.05, 0) is 25.6 Å². The standard InChI is InChI=1S/C17H19BrFNO/c1-3-20-12(2)14-8-6-10-16(19)17(14)21-11-13-7-4-5-9-15(13)18/h4-10,12,20H,3,11H2,1-2H3. The maximum absolute atomic E-state index is 14.1. The van der Waals surface area contributed by atoms with Crippen LogP contribution in [0.2, 0.25) is 0 Å². The summed E-state index contributed by atoms with van der Waals surface area (Å²) in [4.78, 5) is 0. The fraction of sp³-hybridized carbons (Fsp3) is 0.294. The average molecular weight is 352 g/mol. The zero-order valence-corrected chi connectivity index (χ0v) is 13.8. The molecule has 2 rings (SSSR count). The van der Waals surface area contributed by atoms with Gasteiger partial charge in [0.15, 0.2) is 11.6 Å². The first-order chi connectivity index (χ1) is 10.1. The molecule has 0 aliphatic carbocycles. The first-order valence-electron chi connectivity index (χ1n) is 7.01. The summed E-state index contributed by atoms with van der Waals surface area (Å²) in [5.74, 6) is -0.00832. The van der Waals surface area contributed by atoms with Gasteiger partial charge in [0.25, 0.3) is 0 Å². The van der Waals surface area contributed by atoms with Crippen molar-refractivity contribution >= 4 is 15.9 Å². The number of hydrogen-bond donors (Lipinski definition) is 1. The van der Waals surface area contributed by atoms with E-state index in [0.717, 1.165) is 22.1 Å². The van der Waals surface area contributed by atoms with Crippen LogP contribution in [0, 0.1) is 5.82 Å². The molecule has 2 aromatic rings. The Bertz CT molecular complexity index is 603. The van der Waals surface area contributed by atoms with Crippen molar-refractivity contribution < 1.29 is 9.13 Å². The predicted octanol–water partition coefficient (Wildman–Crippen LogP) is 4.84. The molecule has 0 saturated heterocycles. The van der Waals surface area contributed by atoms with Crippen molar-refractivity contribution in [1.29, 1.82) is 0 Å². The van der Waals surface area contributed by atoms with Crippen LogP contribution < -0.4 is 10.1 Å². The van der Waals surface area contributed by atoms with Crippen molar-refractivity contribution in [2.75, 3.05) is 6.54 Å². The van der Waals surface area contributed by atoms with Crippen LogP contribution >= 0.6 is 15.9 Å². The molecule has 0 aromatic heterocycles. The molecule has 1 N–H and O–H groups in total. The topological polar surface area (TPSA) is 21.3 Å². The molecule has 112 valence electrons. The van der Waals surface area contributed by atoms with Crippen LogP contribution in [-0.2, 0) is 6.61 Å². The van der Waals surface area contributed by atoms with E-state index in [1.807, 2.05) is 44.2 Å². The zero-order valence-electron chi connectivity index (χ0n) is 12.2. The van der Waals surface area contributed by atoms with E-state index in [4.69, 9.17) is 4.74 Å². The summed E-state index contributed by atoms with van der Waals surface area (Å²) >= 11 is 3.47. The minimum absolute atomic E-state index is 0.0416. The lowest BCUT2D eigenvalue weighted by Gasteiger charge is -2.18. The molecule has 0 radical (unpaired) electrons. The quantitative estimate of drug-likeness (QED) is 0.803. The van der Waals surface area contributed by atoms with Crippen molar-refractivity contribution in [3.63, 3.8) is 0 Å². The number of benzene rings is 2. The van der Waals surface area contributed by atoms with E-state index in [9.17, 15) is 4.39 Å². The second-order valence-electron chi connectivity index (χ2n) is 4.82. The molecule has 0 saturated carbocycles. The van der Waals surface area contributed by atoms with Gasteiger partial charge in [0.05, 0.1) is 0 Å². The molecule has 0 spiro atoms. The number of hydrogen-bond acceptors (Lipinski definition) is 2. The summed E-state index contributed by atoms with van der Waals surface area (Å²) in [6.07, 6.45) is 0. The molecule has 4 heteroatoms. The minimum atomic E-state index is -0.329. The Hall–Kier alpha value is -1.39. The average Bonchev–Trinajstić information content (AvgIpc) is 2.47. The van der Waals surface area contributed by atoms with E-state index < -0.39 is 0 Å². The Kier molecular flexibility index (Phi) is 5.76. The minimum Gasteiger partial charge on any atom is -0.485 e. The third-order valence-electron chi connectivity index (χ3n) is 3.30. The van der Waals surface area contributed by atoms with Crippen LogP contribution in [0.25, 0.3) is 0 Å². The lowest BCUT2D eigenvalue weighted by molar-refractivity contribution is 0.283. The molecule has 0 bridgehead atoms. The van der Waals surface area contributed by atoms with E-state index >= 15 is 0 Å². The van der Waals surface area contributed by atoms with Gasteiger partial charge in [0.2, 0.25) is 0 Å². The van der Waals surface area contributed by atoms with E-state index in [0.29, 0.717) is 12.4 Å². The molecule has 2 nitrogen and oxygen atoms in total. The van der Waals surface area contributed by atoms with E-state index in [2.05, 4.69) is 21.2 Å². The van der Waals surface area contributed by atoms with Crippen LogP contribution in [0.3, 0.4) is 0 Å². The summed E-state index contributed by atoms with van der Waals surface area (Å²) in [5.41, 5.74) is 1.83. The molecule has 0 fully saturated rings. The molecule has 0 heterocycles. The van der Waals surface area contributed by atoms with Crippen molar-refractivity contribution in [3.05, 3.63) is 63.9 Å². The largest absolute Gasteiger partial charge is 0.485 e. The van der Waals surface area contributed by atoms with Crippen LogP contribution in [0.15, 0.2) is 46.9 Å². The van der Waals surface area contributed by atoms with Gasteiger partial charge in [-0.15, -0.1) is 0 Å². The maximum Gasteiger partial charge on any atom is 0.165 e. The van der Waals surface area contributed by atoms with Crippen LogP contribution in [0.5, 0.6) is 5.75 Å². The van der Waals surface area contributed by atoms with Crippen LogP contribution in [0.4, 0.5) is 4.39 Å². The molecule has 1 atom stereocenters. The molecule has 0 aliphatic rings. The highest BCUT2D eigenvalue weighted by Crippen LogP contribution is 2.29. The van der Waals surface area contributed by atoms with Gasteiger partial charge in [-0.25, -0.2) is 4.39 Å². The van der Waals surface area contributed by atoms with Gasteiger partial charge in [0.1, 0.15) is 6.61 Å². The third kappa shape index (κ3) is 4.05. The summed E-state index contributed by atoms with van der Waals surface area (Å²) in [6.45, 7) is 5.18. The van der Waals surface area contributed by atoms with Gasteiger partial charge < -0.3 is 10.1 Å². The summed E-state index contributed by atoms with van der Waals surface area (Å²) < 4.78 is 20.8. The van der Waals surface area contributed by atoms with Crippen LogP contribution in [0.1, 0.15) is 31.0 Å². The number of nitrogens with one attached hydrogen (secondary N) is 1. The van der Waals surface area contributed by atoms with Gasteiger partial charge in [0, 0.05) is 21.6 Å². The number of para-hydroxylation sites is 1. The maximum atomic E-state index is 14.1. The Morgan fingerprint density at radius 1 is 1.19 bits per heavy atom. The van der Waals surface area contributed by atoms with Gasteiger partial charge >= 0.3 is 0 Å². The third-order valence-corrected chi connectivity index (χ3v) is 4.08. The SMILES string of the molecule is CCNC(C)c1cccc(F)c1OCc1ccccc1Br. The van der Waals surface area contributed by atoms with Crippen molar-refractivity contribution in [2.24, 2.45) is 0 Å². The lowest BCUT2D eigenvalue weighted by Crippen LogP contribution is -2.19. The van der Waals surface area contributed by atoms with Gasteiger partial charge in [-0.1, -0.05) is 53.2 Å². The monoisotopic (exact) mass is 351 g/mol. The molecule has 0 amide bonds. The number of halogens is 2. The second-order valence-corrected chi connectivity index (χ2v) is 5.67. The van der Waals surface area contributed by atoms with Crippen molar-refractivity contribution in [3.8, 4) is 5.75 Å². The molecular weight excluding hydrogens is 333 g/mol. The summed E-state index contributed by atoms with van der Waals surface area (Å²) in [5, 5.41) is 3.28. The molecular formula is C17H19BrFNO. The van der Waals surface area contributed by atoms with E-state index in [1.54, 1.807) is 6.07 Å². The highest BCUT2D eigenvalue weighted by molar-refractivity contribution is 9.10. The lowest BCUT2D eigenvalue weighted by atomic mass is 10.1. The Balaban J connectivity index is 2.21. The Morgan fingerprint density at radius 2 is 1.95 bits per heavy atom. The highest BCUT2D eigenvalue weighted by atomic mass is 79.9. The van der Waals surface area contributed by atoms with E-state index in [-0.39, 0.29) is 11.9 Å². The van der Waals surface area contributed by atoms with E-state index in [1.165, 1.54) is 6.07 Å². The van der Waals surface area contributed by atoms with Crippen molar-refractivity contribution in [2.45, 2.75) is 26.5 Å². The number of ether oxygens (including phenoxy) is 1. The van der Waals surface area contributed by atoms with Crippen LogP contribution in [-0.4, -0.2) is 6.54 Å². The van der Waals surface area contributed by atoms with Gasteiger partial charge in [-0.3, -0.25) is 0 Å². The summed E-state index contributed by atoms with van der Waals surface area (Å²) in [6, 6.07) is 12.9. The number of rotatable bonds is 6. The van der Waals surface area contributed by atoms with Gasteiger partial charge in [-0.2, -0.15) is 0 Å². The first-order valence-corrected chi connectivity index (χ1v) is 7.80. The molecule has 1 unspecified atom stereocenters. The highest BCUT2D eigenvalue weighted by Gasteiger charge is 2.15. The molecule has 21 heavy (non-hydrogen) atoms. The Morgan fingerprint density at radius 3 is 2.67 bits per heavy atom. The fourth-order valence-corrected chi connectivity index (χ4v) is 2.60. The zero-order chi connectivity index (χ0) is 15.2. The predicted molar refractivity (Wildman–Crippen MR) is 87.0 cm³/mol.